The van der Waals surface area contributed by atoms with Crippen molar-refractivity contribution < 1.29 is 0 Å². The van der Waals surface area contributed by atoms with Crippen LogP contribution in [-0.4, -0.2) is 19.5 Å². The van der Waals surface area contributed by atoms with Gasteiger partial charge in [0.05, 0.1) is 0 Å². The average molecular weight is 307 g/mol. The molecule has 23 heavy (non-hydrogen) atoms. The molecule has 3 heterocycles. The number of nitrogens with one attached hydrogen (secondary N) is 1. The molecule has 118 valence electrons. The normalized spacial score (nSPS) is 12.3. The fourth-order valence-corrected chi connectivity index (χ4v) is 2.63. The highest BCUT2D eigenvalue weighted by molar-refractivity contribution is 5.28. The summed E-state index contributed by atoms with van der Waals surface area (Å²) in [7, 11) is 0. The number of hydrogen-bond donors (Lipinski definition) is 1. The standard InChI is InChI=1S/C18H21N5/c1-13-10-19-7-6-17(13)14(2)21-11-16-4-5-18(22-12-16)23-9-8-20-15(23)3/h4-10,12,14,21H,11H2,1-3H3. The summed E-state index contributed by atoms with van der Waals surface area (Å²) in [6, 6.07) is 6.46. The third-order valence-electron chi connectivity index (χ3n) is 4.02. The quantitative estimate of drug-likeness (QED) is 0.787. The molecule has 0 radical (unpaired) electrons. The van der Waals surface area contributed by atoms with Crippen LogP contribution in [0.15, 0.2) is 49.2 Å². The summed E-state index contributed by atoms with van der Waals surface area (Å²) in [5.74, 6) is 1.83. The van der Waals surface area contributed by atoms with Gasteiger partial charge in [-0.15, -0.1) is 0 Å². The second-order valence-corrected chi connectivity index (χ2v) is 5.70. The zero-order valence-corrected chi connectivity index (χ0v) is 13.7. The van der Waals surface area contributed by atoms with E-state index in [1.807, 2.05) is 42.3 Å². The number of aromatic nitrogens is 4. The summed E-state index contributed by atoms with van der Waals surface area (Å²) < 4.78 is 1.97. The first-order valence-corrected chi connectivity index (χ1v) is 7.74. The minimum Gasteiger partial charge on any atom is -0.306 e. The summed E-state index contributed by atoms with van der Waals surface area (Å²) in [6.07, 6.45) is 9.35. The van der Waals surface area contributed by atoms with Crippen molar-refractivity contribution in [3.05, 3.63) is 71.7 Å². The Morgan fingerprint density at radius 3 is 2.61 bits per heavy atom. The Labute approximate surface area is 136 Å². The molecule has 5 nitrogen and oxygen atoms in total. The predicted octanol–water partition coefficient (Wildman–Crippen LogP) is 3.13. The first-order valence-electron chi connectivity index (χ1n) is 7.74. The molecule has 0 bridgehead atoms. The van der Waals surface area contributed by atoms with Crippen LogP contribution in [0.25, 0.3) is 5.82 Å². The molecule has 0 aliphatic carbocycles. The van der Waals surface area contributed by atoms with Crippen molar-refractivity contribution >= 4 is 0 Å². The average Bonchev–Trinajstić information content (AvgIpc) is 2.99. The molecule has 0 fully saturated rings. The lowest BCUT2D eigenvalue weighted by atomic mass is 10.1. The molecule has 0 aliphatic rings. The maximum atomic E-state index is 4.52. The molecule has 3 rings (SSSR count). The fourth-order valence-electron chi connectivity index (χ4n) is 2.63. The van der Waals surface area contributed by atoms with Crippen molar-refractivity contribution in [1.29, 1.82) is 0 Å². The van der Waals surface area contributed by atoms with Crippen molar-refractivity contribution in [2.45, 2.75) is 33.4 Å². The molecule has 0 aromatic carbocycles. The van der Waals surface area contributed by atoms with Crippen LogP contribution in [0.1, 0.15) is 35.5 Å². The fraction of sp³-hybridized carbons (Fsp3) is 0.278. The molecule has 3 aromatic rings. The number of imidazole rings is 1. The van der Waals surface area contributed by atoms with Crippen LogP contribution in [0, 0.1) is 13.8 Å². The Kier molecular flexibility index (Phi) is 4.48. The summed E-state index contributed by atoms with van der Waals surface area (Å²) >= 11 is 0. The van der Waals surface area contributed by atoms with Crippen LogP contribution in [0.5, 0.6) is 0 Å². The zero-order chi connectivity index (χ0) is 16.2. The highest BCUT2D eigenvalue weighted by Crippen LogP contribution is 2.16. The van der Waals surface area contributed by atoms with Crippen molar-refractivity contribution in [2.24, 2.45) is 0 Å². The van der Waals surface area contributed by atoms with Crippen molar-refractivity contribution in [1.82, 2.24) is 24.8 Å². The summed E-state index contributed by atoms with van der Waals surface area (Å²) in [4.78, 5) is 12.9. The third kappa shape index (κ3) is 3.46. The van der Waals surface area contributed by atoms with Gasteiger partial charge >= 0.3 is 0 Å². The molecule has 1 unspecified atom stereocenters. The summed E-state index contributed by atoms with van der Waals surface area (Å²) in [5.41, 5.74) is 3.64. The van der Waals surface area contributed by atoms with E-state index in [4.69, 9.17) is 0 Å². The van der Waals surface area contributed by atoms with E-state index in [0.717, 1.165) is 23.8 Å². The van der Waals surface area contributed by atoms with Crippen LogP contribution < -0.4 is 5.32 Å². The lowest BCUT2D eigenvalue weighted by Crippen LogP contribution is -2.19. The molecule has 0 amide bonds. The van der Waals surface area contributed by atoms with Gasteiger partial charge in [0.1, 0.15) is 11.6 Å². The van der Waals surface area contributed by atoms with Gasteiger partial charge in [0, 0.05) is 43.6 Å². The van der Waals surface area contributed by atoms with Gasteiger partial charge in [-0.05, 0) is 49.6 Å². The Hall–Kier alpha value is -2.53. The Morgan fingerprint density at radius 1 is 1.09 bits per heavy atom. The van der Waals surface area contributed by atoms with E-state index < -0.39 is 0 Å². The highest BCUT2D eigenvalue weighted by atomic mass is 15.1. The van der Waals surface area contributed by atoms with E-state index in [1.54, 1.807) is 6.20 Å². The molecule has 1 atom stereocenters. The molecule has 5 heteroatoms. The van der Waals surface area contributed by atoms with Gasteiger partial charge in [0.25, 0.3) is 0 Å². The first-order chi connectivity index (χ1) is 11.1. The monoisotopic (exact) mass is 307 g/mol. The first kappa shape index (κ1) is 15.4. The second-order valence-electron chi connectivity index (χ2n) is 5.70. The van der Waals surface area contributed by atoms with E-state index >= 15 is 0 Å². The van der Waals surface area contributed by atoms with E-state index in [-0.39, 0.29) is 6.04 Å². The van der Waals surface area contributed by atoms with Crippen LogP contribution in [0.3, 0.4) is 0 Å². The number of rotatable bonds is 5. The molecular formula is C18H21N5. The van der Waals surface area contributed by atoms with Crippen LogP contribution >= 0.6 is 0 Å². The molecule has 0 saturated carbocycles. The second kappa shape index (κ2) is 6.71. The van der Waals surface area contributed by atoms with Crippen molar-refractivity contribution in [2.75, 3.05) is 0 Å². The minimum atomic E-state index is 0.272. The van der Waals surface area contributed by atoms with E-state index in [2.05, 4.69) is 46.2 Å². The highest BCUT2D eigenvalue weighted by Gasteiger charge is 2.08. The molecule has 0 aliphatic heterocycles. The maximum Gasteiger partial charge on any atom is 0.137 e. The number of hydrogen-bond acceptors (Lipinski definition) is 4. The summed E-state index contributed by atoms with van der Waals surface area (Å²) in [5, 5.41) is 3.53. The Morgan fingerprint density at radius 2 is 1.96 bits per heavy atom. The molecule has 1 N–H and O–H groups in total. The smallest absolute Gasteiger partial charge is 0.137 e. The zero-order valence-electron chi connectivity index (χ0n) is 13.7. The topological polar surface area (TPSA) is 55.6 Å². The van der Waals surface area contributed by atoms with Gasteiger partial charge in [-0.1, -0.05) is 6.07 Å². The number of pyridine rings is 2. The van der Waals surface area contributed by atoms with E-state index in [0.29, 0.717) is 0 Å². The van der Waals surface area contributed by atoms with E-state index in [9.17, 15) is 0 Å². The lowest BCUT2D eigenvalue weighted by molar-refractivity contribution is 0.570. The predicted molar refractivity (Wildman–Crippen MR) is 90.3 cm³/mol. The van der Waals surface area contributed by atoms with Gasteiger partial charge in [-0.25, -0.2) is 9.97 Å². The molecular weight excluding hydrogens is 286 g/mol. The van der Waals surface area contributed by atoms with Gasteiger partial charge in [-0.3, -0.25) is 9.55 Å². The minimum absolute atomic E-state index is 0.272. The van der Waals surface area contributed by atoms with E-state index in [1.165, 1.54) is 11.1 Å². The van der Waals surface area contributed by atoms with Crippen LogP contribution in [0.4, 0.5) is 0 Å². The van der Waals surface area contributed by atoms with Gasteiger partial charge in [0.2, 0.25) is 0 Å². The number of nitrogens with zero attached hydrogens (tertiary/aromatic N) is 4. The van der Waals surface area contributed by atoms with Crippen molar-refractivity contribution in [3.8, 4) is 5.82 Å². The van der Waals surface area contributed by atoms with Crippen molar-refractivity contribution in [3.63, 3.8) is 0 Å². The summed E-state index contributed by atoms with van der Waals surface area (Å²) in [6.45, 7) is 7.00. The third-order valence-corrected chi connectivity index (χ3v) is 4.02. The number of aryl methyl sites for hydroxylation is 2. The largest absolute Gasteiger partial charge is 0.306 e. The Balaban J connectivity index is 1.65. The Bertz CT molecular complexity index is 776. The molecule has 3 aromatic heterocycles. The van der Waals surface area contributed by atoms with Gasteiger partial charge in [-0.2, -0.15) is 0 Å². The molecule has 0 spiro atoms. The maximum absolute atomic E-state index is 4.52. The lowest BCUT2D eigenvalue weighted by Gasteiger charge is -2.16. The van der Waals surface area contributed by atoms with Crippen LogP contribution in [-0.2, 0) is 6.54 Å². The van der Waals surface area contributed by atoms with Gasteiger partial charge < -0.3 is 5.32 Å². The SMILES string of the molecule is Cc1cnccc1C(C)NCc1ccc(-n2ccnc2C)nc1. The van der Waals surface area contributed by atoms with Crippen LogP contribution in [0.2, 0.25) is 0 Å². The van der Waals surface area contributed by atoms with Gasteiger partial charge in [0.15, 0.2) is 0 Å². The molecule has 0 saturated heterocycles.